The number of nitrogens with zero attached hydrogens (tertiary/aromatic N) is 1. The van der Waals surface area contributed by atoms with Crippen molar-refractivity contribution in [1.82, 2.24) is 10.3 Å². The highest BCUT2D eigenvalue weighted by molar-refractivity contribution is 7.16. The van der Waals surface area contributed by atoms with Gasteiger partial charge in [-0.25, -0.2) is 9.78 Å². The lowest BCUT2D eigenvalue weighted by molar-refractivity contribution is 0.0696. The summed E-state index contributed by atoms with van der Waals surface area (Å²) in [4.78, 5) is 15.9. The van der Waals surface area contributed by atoms with E-state index in [1.165, 1.54) is 11.3 Å². The predicted molar refractivity (Wildman–Crippen MR) is 73.7 cm³/mol. The second kappa shape index (κ2) is 5.79. The molecule has 4 nitrogen and oxygen atoms in total. The van der Waals surface area contributed by atoms with E-state index >= 15 is 0 Å². The van der Waals surface area contributed by atoms with Crippen LogP contribution in [-0.2, 0) is 6.54 Å². The van der Waals surface area contributed by atoms with Crippen molar-refractivity contribution in [3.05, 3.63) is 37.4 Å². The number of hydrogen-bond donors (Lipinski definition) is 2. The van der Waals surface area contributed by atoms with Crippen molar-refractivity contribution in [1.29, 1.82) is 0 Å². The third kappa shape index (κ3) is 3.29. The van der Waals surface area contributed by atoms with Crippen LogP contribution in [0, 0.1) is 0 Å². The summed E-state index contributed by atoms with van der Waals surface area (Å²) >= 11 is 8.55. The molecule has 0 aliphatic heterocycles. The van der Waals surface area contributed by atoms with Gasteiger partial charge in [0, 0.05) is 22.8 Å². The van der Waals surface area contributed by atoms with Gasteiger partial charge in [-0.15, -0.1) is 22.7 Å². The highest BCUT2D eigenvalue weighted by Crippen LogP contribution is 2.26. The Morgan fingerprint density at radius 2 is 2.39 bits per heavy atom. The van der Waals surface area contributed by atoms with Crippen molar-refractivity contribution in [3.8, 4) is 0 Å². The molecule has 18 heavy (non-hydrogen) atoms. The average Bonchev–Trinajstić information content (AvgIpc) is 2.94. The van der Waals surface area contributed by atoms with Crippen LogP contribution in [0.4, 0.5) is 0 Å². The molecular formula is C11H11ClN2O2S2. The highest BCUT2D eigenvalue weighted by Gasteiger charge is 2.11. The van der Waals surface area contributed by atoms with E-state index in [1.54, 1.807) is 5.38 Å². The van der Waals surface area contributed by atoms with E-state index in [4.69, 9.17) is 16.7 Å². The van der Waals surface area contributed by atoms with Crippen molar-refractivity contribution in [3.63, 3.8) is 0 Å². The Hall–Kier alpha value is -0.950. The van der Waals surface area contributed by atoms with Crippen LogP contribution in [0.25, 0.3) is 0 Å². The molecule has 2 aromatic rings. The molecule has 0 amide bonds. The smallest absolute Gasteiger partial charge is 0.365 e. The Balaban J connectivity index is 1.92. The molecule has 0 fully saturated rings. The van der Waals surface area contributed by atoms with Crippen LogP contribution in [0.3, 0.4) is 0 Å². The van der Waals surface area contributed by atoms with E-state index in [1.807, 2.05) is 19.1 Å². The number of carboxylic acids is 1. The molecule has 2 N–H and O–H groups in total. The number of carboxylic acid groups (broad SMARTS) is 1. The number of nitrogens with one attached hydrogen (secondary N) is 1. The lowest BCUT2D eigenvalue weighted by atomic mass is 10.2. The van der Waals surface area contributed by atoms with Crippen molar-refractivity contribution in [2.75, 3.05) is 0 Å². The van der Waals surface area contributed by atoms with Crippen LogP contribution in [0.2, 0.25) is 4.34 Å². The Labute approximate surface area is 117 Å². The summed E-state index contributed by atoms with van der Waals surface area (Å²) < 4.78 is 0.764. The van der Waals surface area contributed by atoms with Gasteiger partial charge in [-0.3, -0.25) is 0 Å². The monoisotopic (exact) mass is 302 g/mol. The number of carbonyl (C=O) groups is 1. The number of hydrogen-bond acceptors (Lipinski definition) is 5. The molecule has 0 radical (unpaired) electrons. The first-order valence-electron chi connectivity index (χ1n) is 5.22. The van der Waals surface area contributed by atoms with Gasteiger partial charge in [0.15, 0.2) is 0 Å². The molecule has 1 atom stereocenters. The lowest BCUT2D eigenvalue weighted by Gasteiger charge is -2.10. The summed E-state index contributed by atoms with van der Waals surface area (Å²) in [5.74, 6) is -0.982. The minimum absolute atomic E-state index is 0.124. The van der Waals surface area contributed by atoms with E-state index in [0.29, 0.717) is 6.54 Å². The fourth-order valence-corrected chi connectivity index (χ4v) is 3.15. The Morgan fingerprint density at radius 3 is 2.94 bits per heavy atom. The minimum atomic E-state index is -0.982. The first kappa shape index (κ1) is 13.5. The number of aromatic carboxylic acids is 1. The first-order chi connectivity index (χ1) is 8.56. The van der Waals surface area contributed by atoms with Crippen LogP contribution < -0.4 is 5.32 Å². The molecule has 96 valence electrons. The fourth-order valence-electron chi connectivity index (χ4n) is 1.41. The van der Waals surface area contributed by atoms with E-state index in [0.717, 1.165) is 26.2 Å². The maximum Gasteiger partial charge on any atom is 0.365 e. The molecule has 2 rings (SSSR count). The van der Waals surface area contributed by atoms with Gasteiger partial charge in [0.2, 0.25) is 5.01 Å². The van der Waals surface area contributed by atoms with Crippen molar-refractivity contribution < 1.29 is 9.90 Å². The van der Waals surface area contributed by atoms with E-state index in [2.05, 4.69) is 10.3 Å². The molecule has 2 heterocycles. The summed E-state index contributed by atoms with van der Waals surface area (Å²) in [7, 11) is 0. The molecule has 0 aliphatic carbocycles. The minimum Gasteiger partial charge on any atom is -0.476 e. The van der Waals surface area contributed by atoms with Gasteiger partial charge in [0.1, 0.15) is 0 Å². The standard InChI is InChI=1S/C11H11ClN2O2S2/c1-6(8-2-3-9(12)18-8)13-4-7-5-17-10(14-7)11(15)16/h2-3,5-6,13H,4H2,1H3,(H,15,16). The van der Waals surface area contributed by atoms with Crippen LogP contribution in [0.15, 0.2) is 17.5 Å². The summed E-state index contributed by atoms with van der Waals surface area (Å²) in [6.07, 6.45) is 0. The molecule has 0 aromatic carbocycles. The average molecular weight is 303 g/mol. The number of thiazole rings is 1. The summed E-state index contributed by atoms with van der Waals surface area (Å²) in [6, 6.07) is 4.01. The summed E-state index contributed by atoms with van der Waals surface area (Å²) in [5, 5.41) is 13.9. The maximum absolute atomic E-state index is 10.7. The van der Waals surface area contributed by atoms with Gasteiger partial charge < -0.3 is 10.4 Å². The van der Waals surface area contributed by atoms with Crippen molar-refractivity contribution in [2.45, 2.75) is 19.5 Å². The number of halogens is 1. The Bertz CT molecular complexity index is 553. The molecule has 1 unspecified atom stereocenters. The van der Waals surface area contributed by atoms with Gasteiger partial charge in [-0.05, 0) is 19.1 Å². The summed E-state index contributed by atoms with van der Waals surface area (Å²) in [5.41, 5.74) is 0.743. The van der Waals surface area contributed by atoms with Crippen LogP contribution in [0.1, 0.15) is 33.3 Å². The van der Waals surface area contributed by atoms with Crippen LogP contribution >= 0.6 is 34.3 Å². The third-order valence-electron chi connectivity index (χ3n) is 2.34. The predicted octanol–water partition coefficient (Wildman–Crippen LogP) is 3.41. The zero-order chi connectivity index (χ0) is 13.1. The molecule has 0 bridgehead atoms. The maximum atomic E-state index is 10.7. The first-order valence-corrected chi connectivity index (χ1v) is 7.30. The molecule has 2 aromatic heterocycles. The Kier molecular flexibility index (Phi) is 4.34. The zero-order valence-corrected chi connectivity index (χ0v) is 11.9. The van der Waals surface area contributed by atoms with Gasteiger partial charge in [0.05, 0.1) is 10.0 Å². The quantitative estimate of drug-likeness (QED) is 0.888. The zero-order valence-electron chi connectivity index (χ0n) is 9.51. The molecule has 0 saturated heterocycles. The van der Waals surface area contributed by atoms with Crippen molar-refractivity contribution >= 4 is 40.2 Å². The molecular weight excluding hydrogens is 292 g/mol. The van der Waals surface area contributed by atoms with Crippen molar-refractivity contribution in [2.24, 2.45) is 0 Å². The lowest BCUT2D eigenvalue weighted by Crippen LogP contribution is -2.17. The third-order valence-corrected chi connectivity index (χ3v) is 4.64. The van der Waals surface area contributed by atoms with Crippen LogP contribution in [0.5, 0.6) is 0 Å². The van der Waals surface area contributed by atoms with Gasteiger partial charge in [-0.1, -0.05) is 11.6 Å². The van der Waals surface area contributed by atoms with E-state index in [-0.39, 0.29) is 11.0 Å². The normalized spacial score (nSPS) is 12.6. The number of thiophene rings is 1. The van der Waals surface area contributed by atoms with E-state index in [9.17, 15) is 4.79 Å². The van der Waals surface area contributed by atoms with Gasteiger partial charge >= 0.3 is 5.97 Å². The number of rotatable bonds is 5. The van der Waals surface area contributed by atoms with Gasteiger partial charge in [0.25, 0.3) is 0 Å². The van der Waals surface area contributed by atoms with E-state index < -0.39 is 5.97 Å². The molecule has 0 spiro atoms. The Morgan fingerprint density at radius 1 is 1.61 bits per heavy atom. The SMILES string of the molecule is CC(NCc1csc(C(=O)O)n1)c1ccc(Cl)s1. The summed E-state index contributed by atoms with van der Waals surface area (Å²) in [6.45, 7) is 2.58. The molecule has 7 heteroatoms. The topological polar surface area (TPSA) is 62.2 Å². The fraction of sp³-hybridized carbons (Fsp3) is 0.273. The second-order valence-electron chi connectivity index (χ2n) is 3.69. The largest absolute Gasteiger partial charge is 0.476 e. The molecule has 0 saturated carbocycles. The number of aromatic nitrogens is 1. The molecule has 0 aliphatic rings. The van der Waals surface area contributed by atoms with Crippen LogP contribution in [-0.4, -0.2) is 16.1 Å². The highest BCUT2D eigenvalue weighted by atomic mass is 35.5. The second-order valence-corrected chi connectivity index (χ2v) is 6.30. The van der Waals surface area contributed by atoms with Gasteiger partial charge in [-0.2, -0.15) is 0 Å².